The molecule has 4 rings (SSSR count). The summed E-state index contributed by atoms with van der Waals surface area (Å²) in [5.41, 5.74) is 1.45. The second kappa shape index (κ2) is 11.7. The molecule has 1 aliphatic heterocycles. The van der Waals surface area contributed by atoms with Crippen molar-refractivity contribution in [1.82, 2.24) is 9.47 Å². The normalized spacial score (nSPS) is 14.4. The molecule has 0 atom stereocenters. The Morgan fingerprint density at radius 2 is 1.74 bits per heavy atom. The Morgan fingerprint density at radius 3 is 2.49 bits per heavy atom. The molecule has 0 N–H and O–H groups in total. The fourth-order valence-electron chi connectivity index (χ4n) is 3.89. The predicted molar refractivity (Wildman–Crippen MR) is 136 cm³/mol. The molecular formula is C27H28N2O5S. The number of para-hydroxylation sites is 1. The first kappa shape index (κ1) is 24.5. The number of ether oxygens (including phenoxy) is 2. The van der Waals surface area contributed by atoms with Crippen molar-refractivity contribution in [2.24, 2.45) is 0 Å². The Kier molecular flexibility index (Phi) is 8.15. The van der Waals surface area contributed by atoms with Gasteiger partial charge in [-0.1, -0.05) is 48.5 Å². The summed E-state index contributed by atoms with van der Waals surface area (Å²) in [6, 6.07) is 17.3. The summed E-state index contributed by atoms with van der Waals surface area (Å²) in [6.07, 6.45) is 4.95. The van der Waals surface area contributed by atoms with Crippen LogP contribution >= 0.6 is 11.3 Å². The Hall–Kier alpha value is -3.65. The zero-order valence-corrected chi connectivity index (χ0v) is 20.5. The van der Waals surface area contributed by atoms with E-state index in [1.807, 2.05) is 54.6 Å². The minimum absolute atomic E-state index is 0.111. The van der Waals surface area contributed by atoms with Crippen LogP contribution in [0.15, 0.2) is 59.4 Å². The highest BCUT2D eigenvalue weighted by Gasteiger charge is 2.20. The Labute approximate surface area is 207 Å². The smallest absolute Gasteiger partial charge is 0.333 e. The van der Waals surface area contributed by atoms with Gasteiger partial charge in [0.05, 0.1) is 17.2 Å². The molecule has 35 heavy (non-hydrogen) atoms. The molecule has 0 saturated carbocycles. The summed E-state index contributed by atoms with van der Waals surface area (Å²) < 4.78 is 13.2. The largest absolute Gasteiger partial charge is 0.488 e. The van der Waals surface area contributed by atoms with Crippen LogP contribution in [-0.4, -0.2) is 41.0 Å². The van der Waals surface area contributed by atoms with Crippen LogP contribution in [0.5, 0.6) is 5.75 Å². The quantitative estimate of drug-likeness (QED) is 0.451. The first-order chi connectivity index (χ1) is 17.0. The number of carbonyl (C=O) groups excluding carboxylic acids is 2. The molecule has 0 bridgehead atoms. The lowest BCUT2D eigenvalue weighted by molar-refractivity contribution is -0.135. The molecule has 182 valence electrons. The van der Waals surface area contributed by atoms with E-state index in [-0.39, 0.29) is 24.6 Å². The van der Waals surface area contributed by atoms with Crippen molar-refractivity contribution in [2.45, 2.75) is 32.9 Å². The molecular weight excluding hydrogens is 464 g/mol. The zero-order valence-electron chi connectivity index (χ0n) is 19.6. The van der Waals surface area contributed by atoms with Gasteiger partial charge in [-0.15, -0.1) is 11.3 Å². The third kappa shape index (κ3) is 6.27. The van der Waals surface area contributed by atoms with Crippen LogP contribution in [0.2, 0.25) is 0 Å². The maximum Gasteiger partial charge on any atom is 0.333 e. The number of esters is 1. The van der Waals surface area contributed by atoms with Crippen molar-refractivity contribution in [3.05, 3.63) is 85.3 Å². The first-order valence-corrected chi connectivity index (χ1v) is 12.5. The standard InChI is InChI=1S/C27H28N2O5S/c1-2-33-26(31)17-25-29(18-24(30)28-14-8-9-15-28)27(32)23(35-25)16-21-12-6-7-13-22(21)34-19-20-10-4-3-5-11-20/h3-7,10-13,16-17H,2,8-9,14-15,18-19H2,1H3. The molecule has 2 heterocycles. The number of amides is 1. The van der Waals surface area contributed by atoms with E-state index >= 15 is 0 Å². The zero-order chi connectivity index (χ0) is 24.6. The Bertz CT molecular complexity index is 1350. The predicted octanol–water partition coefficient (Wildman–Crippen LogP) is 2.28. The van der Waals surface area contributed by atoms with E-state index in [0.29, 0.717) is 34.6 Å². The van der Waals surface area contributed by atoms with Crippen LogP contribution in [-0.2, 0) is 27.5 Å². The summed E-state index contributed by atoms with van der Waals surface area (Å²) >= 11 is 1.16. The second-order valence-corrected chi connectivity index (χ2v) is 9.20. The van der Waals surface area contributed by atoms with Gasteiger partial charge in [0, 0.05) is 18.7 Å². The summed E-state index contributed by atoms with van der Waals surface area (Å²) in [5.74, 6) is -0.0342. The molecule has 0 aliphatic carbocycles. The summed E-state index contributed by atoms with van der Waals surface area (Å²) in [5, 5.41) is 0. The van der Waals surface area contributed by atoms with Gasteiger partial charge >= 0.3 is 5.97 Å². The van der Waals surface area contributed by atoms with Crippen LogP contribution in [0.25, 0.3) is 12.2 Å². The molecule has 3 aromatic rings. The van der Waals surface area contributed by atoms with Crippen LogP contribution in [0, 0.1) is 0 Å². The van der Waals surface area contributed by atoms with E-state index in [2.05, 4.69) is 0 Å². The number of hydrogen-bond donors (Lipinski definition) is 0. The van der Waals surface area contributed by atoms with Gasteiger partial charge in [-0.3, -0.25) is 14.2 Å². The molecule has 2 aromatic carbocycles. The molecule has 0 unspecified atom stereocenters. The third-order valence-corrected chi connectivity index (χ3v) is 6.72. The van der Waals surface area contributed by atoms with Crippen LogP contribution in [0.3, 0.4) is 0 Å². The topological polar surface area (TPSA) is 77.8 Å². The lowest BCUT2D eigenvalue weighted by Gasteiger charge is -2.15. The van der Waals surface area contributed by atoms with E-state index in [0.717, 1.165) is 35.3 Å². The minimum Gasteiger partial charge on any atom is -0.488 e. The summed E-state index contributed by atoms with van der Waals surface area (Å²) in [4.78, 5) is 40.0. The maximum absolute atomic E-state index is 13.3. The highest BCUT2D eigenvalue weighted by Crippen LogP contribution is 2.20. The van der Waals surface area contributed by atoms with Crippen LogP contribution < -0.4 is 19.5 Å². The molecule has 8 heteroatoms. The number of carbonyl (C=O) groups is 2. The van der Waals surface area contributed by atoms with Crippen molar-refractivity contribution < 1.29 is 19.1 Å². The highest BCUT2D eigenvalue weighted by atomic mass is 32.1. The lowest BCUT2D eigenvalue weighted by atomic mass is 10.2. The number of thiazole rings is 1. The fraction of sp³-hybridized carbons (Fsp3) is 0.296. The van der Waals surface area contributed by atoms with Gasteiger partial charge < -0.3 is 14.4 Å². The van der Waals surface area contributed by atoms with E-state index in [9.17, 15) is 14.4 Å². The monoisotopic (exact) mass is 492 g/mol. The van der Waals surface area contributed by atoms with E-state index in [1.54, 1.807) is 17.9 Å². The van der Waals surface area contributed by atoms with Gasteiger partial charge in [-0.2, -0.15) is 0 Å². The number of hydrogen-bond acceptors (Lipinski definition) is 6. The second-order valence-electron chi connectivity index (χ2n) is 8.14. The van der Waals surface area contributed by atoms with Crippen molar-refractivity contribution in [3.8, 4) is 5.75 Å². The number of likely N-dealkylation sites (tertiary alicyclic amines) is 1. The molecule has 7 nitrogen and oxygen atoms in total. The van der Waals surface area contributed by atoms with Gasteiger partial charge in [0.1, 0.15) is 23.6 Å². The van der Waals surface area contributed by atoms with E-state index in [1.165, 1.54) is 10.6 Å². The minimum atomic E-state index is -0.547. The summed E-state index contributed by atoms with van der Waals surface area (Å²) in [6.45, 7) is 3.62. The Balaban J connectivity index is 1.70. The highest BCUT2D eigenvalue weighted by molar-refractivity contribution is 7.07. The Morgan fingerprint density at radius 1 is 1.03 bits per heavy atom. The molecule has 1 amide bonds. The SMILES string of the molecule is CCOC(=O)C=c1sc(=Cc2ccccc2OCc2ccccc2)c(=O)n1CC(=O)N1CCCC1. The molecule has 1 aliphatic rings. The molecule has 0 radical (unpaired) electrons. The van der Waals surface area contributed by atoms with E-state index < -0.39 is 5.97 Å². The van der Waals surface area contributed by atoms with Gasteiger partial charge in [0.2, 0.25) is 5.91 Å². The number of rotatable bonds is 8. The van der Waals surface area contributed by atoms with E-state index in [4.69, 9.17) is 9.47 Å². The molecule has 1 fully saturated rings. The van der Waals surface area contributed by atoms with Gasteiger partial charge in [-0.05, 0) is 37.5 Å². The number of benzene rings is 2. The van der Waals surface area contributed by atoms with Gasteiger partial charge in [0.15, 0.2) is 0 Å². The van der Waals surface area contributed by atoms with Crippen molar-refractivity contribution in [1.29, 1.82) is 0 Å². The molecule has 1 saturated heterocycles. The van der Waals surface area contributed by atoms with Crippen molar-refractivity contribution >= 4 is 35.4 Å². The number of aromatic nitrogens is 1. The van der Waals surface area contributed by atoms with Crippen LogP contribution in [0.4, 0.5) is 0 Å². The van der Waals surface area contributed by atoms with Crippen molar-refractivity contribution in [3.63, 3.8) is 0 Å². The molecule has 1 aromatic heterocycles. The summed E-state index contributed by atoms with van der Waals surface area (Å²) in [7, 11) is 0. The van der Waals surface area contributed by atoms with Gasteiger partial charge in [-0.25, -0.2) is 4.79 Å². The van der Waals surface area contributed by atoms with Gasteiger partial charge in [0.25, 0.3) is 5.56 Å². The number of nitrogens with zero attached hydrogens (tertiary/aromatic N) is 2. The van der Waals surface area contributed by atoms with Crippen LogP contribution in [0.1, 0.15) is 30.9 Å². The third-order valence-electron chi connectivity index (χ3n) is 5.66. The average molecular weight is 493 g/mol. The maximum atomic E-state index is 13.3. The average Bonchev–Trinajstić information content (AvgIpc) is 3.50. The van der Waals surface area contributed by atoms with Crippen molar-refractivity contribution in [2.75, 3.05) is 19.7 Å². The lowest BCUT2D eigenvalue weighted by Crippen LogP contribution is -2.39. The fourth-order valence-corrected chi connectivity index (χ4v) is 4.91. The first-order valence-electron chi connectivity index (χ1n) is 11.7. The molecule has 0 spiro atoms.